The fourth-order valence-electron chi connectivity index (χ4n) is 3.52. The molecule has 28 heavy (non-hydrogen) atoms. The number of aromatic nitrogens is 3. The van der Waals surface area contributed by atoms with Crippen molar-refractivity contribution in [2.45, 2.75) is 12.6 Å². The van der Waals surface area contributed by atoms with Crippen LogP contribution in [0, 0.1) is 0 Å². The van der Waals surface area contributed by atoms with Crippen molar-refractivity contribution in [2.75, 3.05) is 19.7 Å². The topological polar surface area (TPSA) is 69.4 Å². The minimum Gasteiger partial charge on any atom is -0.369 e. The van der Waals surface area contributed by atoms with Gasteiger partial charge in [0.1, 0.15) is 11.8 Å². The number of rotatable bonds is 3. The summed E-state index contributed by atoms with van der Waals surface area (Å²) >= 11 is 5.96. The van der Waals surface area contributed by atoms with Gasteiger partial charge in [0, 0.05) is 38.8 Å². The highest BCUT2D eigenvalue weighted by molar-refractivity contribution is 6.30. The molecule has 0 amide bonds. The van der Waals surface area contributed by atoms with Gasteiger partial charge in [0.05, 0.1) is 17.7 Å². The summed E-state index contributed by atoms with van der Waals surface area (Å²) in [4.78, 5) is 31.4. The van der Waals surface area contributed by atoms with Crippen molar-refractivity contribution >= 4 is 22.6 Å². The monoisotopic (exact) mass is 400 g/mol. The Morgan fingerprint density at radius 1 is 1.11 bits per heavy atom. The molecule has 4 rings (SSSR count). The van der Waals surface area contributed by atoms with Crippen molar-refractivity contribution < 1.29 is 4.74 Å². The van der Waals surface area contributed by atoms with Crippen LogP contribution < -0.4 is 11.2 Å². The van der Waals surface area contributed by atoms with Gasteiger partial charge in [0.15, 0.2) is 0 Å². The number of benzene rings is 1. The first kappa shape index (κ1) is 18.9. The van der Waals surface area contributed by atoms with Gasteiger partial charge in [-0.05, 0) is 29.8 Å². The standard InChI is InChI=1S/C20H21ClN4O3/c1-23-18-15(19(26)24(2)20(23)27)7-8-16(22-18)17-12-25(9-10-28-17)11-13-3-5-14(21)6-4-13/h3-8,17H,9-12H2,1-2H3/t17-/m0/s1. The lowest BCUT2D eigenvalue weighted by Crippen LogP contribution is -2.39. The molecule has 2 aromatic heterocycles. The van der Waals surface area contributed by atoms with Crippen LogP contribution in [0.4, 0.5) is 0 Å². The van der Waals surface area contributed by atoms with E-state index in [0.717, 1.165) is 28.4 Å². The minimum absolute atomic E-state index is 0.218. The highest BCUT2D eigenvalue weighted by Gasteiger charge is 2.24. The molecule has 1 saturated heterocycles. The second-order valence-electron chi connectivity index (χ2n) is 7.03. The quantitative estimate of drug-likeness (QED) is 0.671. The second-order valence-corrected chi connectivity index (χ2v) is 7.47. The summed E-state index contributed by atoms with van der Waals surface area (Å²) in [6.07, 6.45) is -0.218. The van der Waals surface area contributed by atoms with E-state index in [4.69, 9.17) is 16.3 Å². The predicted molar refractivity (Wildman–Crippen MR) is 108 cm³/mol. The van der Waals surface area contributed by atoms with Crippen LogP contribution in [-0.4, -0.2) is 38.7 Å². The zero-order valence-electron chi connectivity index (χ0n) is 15.8. The van der Waals surface area contributed by atoms with Crippen LogP contribution >= 0.6 is 11.6 Å². The molecule has 0 radical (unpaired) electrons. The van der Waals surface area contributed by atoms with Crippen LogP contribution in [0.3, 0.4) is 0 Å². The van der Waals surface area contributed by atoms with E-state index in [2.05, 4.69) is 9.88 Å². The SMILES string of the molecule is Cn1c(=O)c2ccc([C@@H]3CN(Cc4ccc(Cl)cc4)CCO3)nc2n(C)c1=O. The third-order valence-corrected chi connectivity index (χ3v) is 5.38. The summed E-state index contributed by atoms with van der Waals surface area (Å²) < 4.78 is 8.42. The Bertz CT molecular complexity index is 1140. The fourth-order valence-corrected chi connectivity index (χ4v) is 3.65. The summed E-state index contributed by atoms with van der Waals surface area (Å²) in [7, 11) is 3.09. The molecule has 0 saturated carbocycles. The maximum atomic E-state index is 12.3. The van der Waals surface area contributed by atoms with E-state index in [1.807, 2.05) is 30.3 Å². The molecule has 146 valence electrons. The first-order valence-corrected chi connectivity index (χ1v) is 9.47. The average molecular weight is 401 g/mol. The number of halogens is 1. The molecule has 1 aromatic carbocycles. The van der Waals surface area contributed by atoms with Gasteiger partial charge < -0.3 is 4.74 Å². The minimum atomic E-state index is -0.393. The highest BCUT2D eigenvalue weighted by atomic mass is 35.5. The third-order valence-electron chi connectivity index (χ3n) is 5.12. The van der Waals surface area contributed by atoms with Gasteiger partial charge in [0.25, 0.3) is 5.56 Å². The van der Waals surface area contributed by atoms with Crippen LogP contribution in [0.5, 0.6) is 0 Å². The Hall–Kier alpha value is -2.48. The number of morpholine rings is 1. The van der Waals surface area contributed by atoms with Crippen molar-refractivity contribution in [1.29, 1.82) is 0 Å². The molecule has 1 aliphatic heterocycles. The van der Waals surface area contributed by atoms with E-state index >= 15 is 0 Å². The van der Waals surface area contributed by atoms with E-state index in [1.54, 1.807) is 13.1 Å². The molecular formula is C20H21ClN4O3. The van der Waals surface area contributed by atoms with E-state index in [1.165, 1.54) is 17.2 Å². The van der Waals surface area contributed by atoms with Crippen LogP contribution in [0.25, 0.3) is 11.0 Å². The molecule has 0 bridgehead atoms. The van der Waals surface area contributed by atoms with Crippen molar-refractivity contribution in [3.8, 4) is 0 Å². The number of nitrogens with zero attached hydrogens (tertiary/aromatic N) is 4. The molecular weight excluding hydrogens is 380 g/mol. The Balaban J connectivity index is 1.61. The second kappa shape index (κ2) is 7.50. The maximum absolute atomic E-state index is 12.3. The van der Waals surface area contributed by atoms with Crippen LogP contribution in [-0.2, 0) is 25.4 Å². The average Bonchev–Trinajstić information content (AvgIpc) is 2.72. The lowest BCUT2D eigenvalue weighted by atomic mass is 10.1. The molecule has 7 nitrogen and oxygen atoms in total. The number of aryl methyl sites for hydroxylation is 1. The van der Waals surface area contributed by atoms with Crippen molar-refractivity contribution in [1.82, 2.24) is 19.0 Å². The van der Waals surface area contributed by atoms with Crippen molar-refractivity contribution in [2.24, 2.45) is 14.1 Å². The van der Waals surface area contributed by atoms with Crippen molar-refractivity contribution in [3.05, 3.63) is 73.5 Å². The van der Waals surface area contributed by atoms with E-state index in [9.17, 15) is 9.59 Å². The highest BCUT2D eigenvalue weighted by Crippen LogP contribution is 2.23. The Morgan fingerprint density at radius 2 is 1.86 bits per heavy atom. The summed E-state index contributed by atoms with van der Waals surface area (Å²) in [6.45, 7) is 2.89. The van der Waals surface area contributed by atoms with Gasteiger partial charge >= 0.3 is 5.69 Å². The number of hydrogen-bond donors (Lipinski definition) is 0. The fraction of sp³-hybridized carbons (Fsp3) is 0.350. The van der Waals surface area contributed by atoms with Crippen LogP contribution in [0.2, 0.25) is 5.02 Å². The van der Waals surface area contributed by atoms with Gasteiger partial charge in [-0.15, -0.1) is 0 Å². The summed E-state index contributed by atoms with van der Waals surface area (Å²) in [5.74, 6) is 0. The van der Waals surface area contributed by atoms with Crippen molar-refractivity contribution in [3.63, 3.8) is 0 Å². The summed E-state index contributed by atoms with van der Waals surface area (Å²) in [6, 6.07) is 11.4. The first-order chi connectivity index (χ1) is 13.4. The molecule has 0 N–H and O–H groups in total. The third kappa shape index (κ3) is 3.48. The maximum Gasteiger partial charge on any atom is 0.332 e. The molecule has 1 aliphatic rings. The number of fused-ring (bicyclic) bond motifs is 1. The van der Waals surface area contributed by atoms with Gasteiger partial charge in [0.2, 0.25) is 0 Å². The first-order valence-electron chi connectivity index (χ1n) is 9.09. The van der Waals surface area contributed by atoms with E-state index in [-0.39, 0.29) is 11.7 Å². The Labute approximate surface area is 166 Å². The van der Waals surface area contributed by atoms with Crippen LogP contribution in [0.15, 0.2) is 46.0 Å². The van der Waals surface area contributed by atoms with Gasteiger partial charge in [-0.1, -0.05) is 23.7 Å². The summed E-state index contributed by atoms with van der Waals surface area (Å²) in [5.41, 5.74) is 1.55. The number of pyridine rings is 1. The van der Waals surface area contributed by atoms with Crippen LogP contribution in [0.1, 0.15) is 17.4 Å². The zero-order valence-corrected chi connectivity index (χ0v) is 16.5. The predicted octanol–water partition coefficient (Wildman–Crippen LogP) is 1.86. The molecule has 0 unspecified atom stereocenters. The van der Waals surface area contributed by atoms with E-state index < -0.39 is 5.69 Å². The van der Waals surface area contributed by atoms with E-state index in [0.29, 0.717) is 24.2 Å². The molecule has 0 aliphatic carbocycles. The number of hydrogen-bond acceptors (Lipinski definition) is 5. The molecule has 3 aromatic rings. The van der Waals surface area contributed by atoms with Gasteiger partial charge in [-0.25, -0.2) is 9.78 Å². The zero-order chi connectivity index (χ0) is 19.8. The molecule has 0 spiro atoms. The Kier molecular flexibility index (Phi) is 5.05. The number of ether oxygens (including phenoxy) is 1. The molecule has 1 fully saturated rings. The van der Waals surface area contributed by atoms with Gasteiger partial charge in [-0.2, -0.15) is 0 Å². The smallest absolute Gasteiger partial charge is 0.332 e. The van der Waals surface area contributed by atoms with Gasteiger partial charge in [-0.3, -0.25) is 18.8 Å². The molecule has 3 heterocycles. The Morgan fingerprint density at radius 3 is 2.61 bits per heavy atom. The summed E-state index contributed by atoms with van der Waals surface area (Å²) in [5, 5.41) is 1.14. The normalized spacial score (nSPS) is 17.9. The molecule has 8 heteroatoms. The molecule has 1 atom stereocenters. The largest absolute Gasteiger partial charge is 0.369 e. The lowest BCUT2D eigenvalue weighted by Gasteiger charge is -2.32. The lowest BCUT2D eigenvalue weighted by molar-refractivity contribution is -0.0348.